The van der Waals surface area contributed by atoms with Gasteiger partial charge in [0.05, 0.1) is 6.04 Å². The molecule has 0 aromatic carbocycles. The van der Waals surface area contributed by atoms with E-state index in [0.717, 1.165) is 26.1 Å². The molecule has 0 unspecified atom stereocenters. The number of likely N-dealkylation sites (N-methyl/N-ethyl adjacent to an activating group) is 1. The zero-order valence-corrected chi connectivity index (χ0v) is 9.61. The zero-order chi connectivity index (χ0) is 10.7. The Kier molecular flexibility index (Phi) is 3.38. The highest BCUT2D eigenvalue weighted by molar-refractivity contribution is 5.04. The number of rotatable bonds is 5. The van der Waals surface area contributed by atoms with Crippen LogP contribution >= 0.6 is 0 Å². The van der Waals surface area contributed by atoms with Crippen LogP contribution in [0.25, 0.3) is 0 Å². The number of nitrogens with one attached hydrogen (secondary N) is 1. The van der Waals surface area contributed by atoms with Gasteiger partial charge in [0.2, 0.25) is 0 Å². The minimum absolute atomic E-state index is 0.606. The van der Waals surface area contributed by atoms with Crippen molar-refractivity contribution < 1.29 is 0 Å². The van der Waals surface area contributed by atoms with Crippen molar-refractivity contribution in [1.29, 1.82) is 0 Å². The van der Waals surface area contributed by atoms with E-state index in [0.29, 0.717) is 6.04 Å². The van der Waals surface area contributed by atoms with Gasteiger partial charge in [0.1, 0.15) is 0 Å². The number of nitrogens with zero attached hydrogens (tertiary/aromatic N) is 3. The van der Waals surface area contributed by atoms with E-state index < -0.39 is 0 Å². The maximum Gasteiger partial charge on any atom is 0.0775 e. The van der Waals surface area contributed by atoms with Crippen LogP contribution in [0.15, 0.2) is 12.3 Å². The smallest absolute Gasteiger partial charge is 0.0775 e. The predicted molar refractivity (Wildman–Crippen MR) is 61.0 cm³/mol. The third kappa shape index (κ3) is 2.38. The topological polar surface area (TPSA) is 33.1 Å². The first-order chi connectivity index (χ1) is 7.31. The van der Waals surface area contributed by atoms with Gasteiger partial charge in [-0.25, -0.2) is 0 Å². The molecule has 0 radical (unpaired) electrons. The van der Waals surface area contributed by atoms with Crippen molar-refractivity contribution in [1.82, 2.24) is 20.0 Å². The van der Waals surface area contributed by atoms with Crippen molar-refractivity contribution >= 4 is 0 Å². The Morgan fingerprint density at radius 2 is 2.33 bits per heavy atom. The van der Waals surface area contributed by atoms with Crippen LogP contribution in [0.4, 0.5) is 0 Å². The third-order valence-electron chi connectivity index (χ3n) is 3.00. The molecule has 2 rings (SSSR count). The Hall–Kier alpha value is -0.870. The van der Waals surface area contributed by atoms with Gasteiger partial charge in [-0.05, 0) is 39.5 Å². The maximum absolute atomic E-state index is 4.42. The lowest BCUT2D eigenvalue weighted by Gasteiger charge is -2.37. The fourth-order valence-electron chi connectivity index (χ4n) is 2.14. The lowest BCUT2D eigenvalue weighted by molar-refractivity contribution is 0.128. The fraction of sp³-hybridized carbons (Fsp3) is 0.727. The molecule has 0 saturated carbocycles. The van der Waals surface area contributed by atoms with Gasteiger partial charge in [-0.3, -0.25) is 4.68 Å². The molecule has 1 saturated heterocycles. The van der Waals surface area contributed by atoms with Gasteiger partial charge in [0, 0.05) is 25.0 Å². The summed E-state index contributed by atoms with van der Waals surface area (Å²) < 4.78 is 2.20. The van der Waals surface area contributed by atoms with Crippen molar-refractivity contribution in [2.75, 3.05) is 33.7 Å². The molecule has 84 valence electrons. The van der Waals surface area contributed by atoms with E-state index in [4.69, 9.17) is 0 Å². The molecule has 1 fully saturated rings. The maximum atomic E-state index is 4.42. The summed E-state index contributed by atoms with van der Waals surface area (Å²) in [6.45, 7) is 3.36. The van der Waals surface area contributed by atoms with Gasteiger partial charge in [-0.2, -0.15) is 5.10 Å². The second kappa shape index (κ2) is 4.77. The quantitative estimate of drug-likeness (QED) is 0.716. The molecule has 0 aliphatic carbocycles. The van der Waals surface area contributed by atoms with Gasteiger partial charge in [-0.1, -0.05) is 0 Å². The molecule has 0 amide bonds. The highest BCUT2D eigenvalue weighted by atomic mass is 15.4. The second-order valence-corrected chi connectivity index (χ2v) is 4.35. The molecular formula is C11H20N4. The van der Waals surface area contributed by atoms with Gasteiger partial charge >= 0.3 is 0 Å². The van der Waals surface area contributed by atoms with Crippen LogP contribution in [0.5, 0.6) is 0 Å². The third-order valence-corrected chi connectivity index (χ3v) is 3.00. The van der Waals surface area contributed by atoms with Crippen LogP contribution in [0.2, 0.25) is 0 Å². The summed E-state index contributed by atoms with van der Waals surface area (Å²) in [4.78, 5) is 2.32. The summed E-state index contributed by atoms with van der Waals surface area (Å²) in [7, 11) is 4.15. The van der Waals surface area contributed by atoms with Crippen molar-refractivity contribution in [3.8, 4) is 0 Å². The lowest BCUT2D eigenvalue weighted by Crippen LogP contribution is -2.45. The minimum Gasteiger partial charge on any atom is -0.320 e. The standard InChI is InChI=1S/C11H20N4/c1-12-6-3-4-10-5-7-13-15(10)11-8-14(2)9-11/h5,7,11-12H,3-4,6,8-9H2,1-2H3. The fourth-order valence-corrected chi connectivity index (χ4v) is 2.14. The van der Waals surface area contributed by atoms with Crippen LogP contribution in [-0.2, 0) is 6.42 Å². The van der Waals surface area contributed by atoms with Crippen LogP contribution in [0.3, 0.4) is 0 Å². The first-order valence-corrected chi connectivity index (χ1v) is 5.67. The molecule has 4 nitrogen and oxygen atoms in total. The van der Waals surface area contributed by atoms with Gasteiger partial charge in [0.25, 0.3) is 0 Å². The minimum atomic E-state index is 0.606. The molecule has 1 aromatic heterocycles. The van der Waals surface area contributed by atoms with Crippen LogP contribution in [0.1, 0.15) is 18.2 Å². The van der Waals surface area contributed by atoms with Crippen LogP contribution in [-0.4, -0.2) is 48.4 Å². The van der Waals surface area contributed by atoms with Crippen molar-refractivity contribution in [2.45, 2.75) is 18.9 Å². The summed E-state index contributed by atoms with van der Waals surface area (Å²) in [5.41, 5.74) is 1.38. The molecule has 1 aliphatic heterocycles. The zero-order valence-electron chi connectivity index (χ0n) is 9.61. The predicted octanol–water partition coefficient (Wildman–Crippen LogP) is 0.522. The van der Waals surface area contributed by atoms with Crippen molar-refractivity contribution in [3.05, 3.63) is 18.0 Å². The summed E-state index contributed by atoms with van der Waals surface area (Å²) >= 11 is 0. The van der Waals surface area contributed by atoms with Gasteiger partial charge in [-0.15, -0.1) is 0 Å². The summed E-state index contributed by atoms with van der Waals surface area (Å²) in [5.74, 6) is 0. The van der Waals surface area contributed by atoms with E-state index in [1.165, 1.54) is 12.1 Å². The molecule has 1 aromatic rings. The van der Waals surface area contributed by atoms with Crippen LogP contribution in [0, 0.1) is 0 Å². The van der Waals surface area contributed by atoms with E-state index >= 15 is 0 Å². The Labute approximate surface area is 91.3 Å². The Morgan fingerprint density at radius 3 is 3.00 bits per heavy atom. The first kappa shape index (κ1) is 10.6. The largest absolute Gasteiger partial charge is 0.320 e. The molecule has 0 atom stereocenters. The molecule has 2 heterocycles. The normalized spacial score (nSPS) is 18.0. The molecule has 4 heteroatoms. The molecular weight excluding hydrogens is 188 g/mol. The van der Waals surface area contributed by atoms with Crippen molar-refractivity contribution in [3.63, 3.8) is 0 Å². The highest BCUT2D eigenvalue weighted by Crippen LogP contribution is 2.20. The number of likely N-dealkylation sites (tertiary alicyclic amines) is 1. The lowest BCUT2D eigenvalue weighted by atomic mass is 10.1. The number of hydrogen-bond donors (Lipinski definition) is 1. The molecule has 0 bridgehead atoms. The highest BCUT2D eigenvalue weighted by Gasteiger charge is 2.26. The Bertz CT molecular complexity index is 301. The van der Waals surface area contributed by atoms with Crippen molar-refractivity contribution in [2.24, 2.45) is 0 Å². The number of aromatic nitrogens is 2. The van der Waals surface area contributed by atoms with E-state index in [-0.39, 0.29) is 0 Å². The Balaban J connectivity index is 1.90. The average molecular weight is 208 g/mol. The van der Waals surface area contributed by atoms with E-state index in [2.05, 4.69) is 33.1 Å². The molecule has 0 spiro atoms. The monoisotopic (exact) mass is 208 g/mol. The SMILES string of the molecule is CNCCCc1ccnn1C1CN(C)C1. The van der Waals surface area contributed by atoms with Gasteiger partial charge < -0.3 is 10.2 Å². The summed E-state index contributed by atoms with van der Waals surface area (Å²) in [6.07, 6.45) is 4.23. The number of aryl methyl sites for hydroxylation is 1. The first-order valence-electron chi connectivity index (χ1n) is 5.67. The van der Waals surface area contributed by atoms with Crippen LogP contribution < -0.4 is 5.32 Å². The van der Waals surface area contributed by atoms with E-state index in [1.807, 2.05) is 13.2 Å². The van der Waals surface area contributed by atoms with E-state index in [9.17, 15) is 0 Å². The number of hydrogen-bond acceptors (Lipinski definition) is 3. The van der Waals surface area contributed by atoms with Gasteiger partial charge in [0.15, 0.2) is 0 Å². The van der Waals surface area contributed by atoms with E-state index in [1.54, 1.807) is 0 Å². The summed E-state index contributed by atoms with van der Waals surface area (Å²) in [5, 5.41) is 7.60. The average Bonchev–Trinajstić information content (AvgIpc) is 2.61. The Morgan fingerprint density at radius 1 is 1.53 bits per heavy atom. The second-order valence-electron chi connectivity index (χ2n) is 4.35. The molecule has 1 aliphatic rings. The molecule has 1 N–H and O–H groups in total. The molecule has 15 heavy (non-hydrogen) atoms. The summed E-state index contributed by atoms with van der Waals surface area (Å²) in [6, 6.07) is 2.75.